The van der Waals surface area contributed by atoms with Crippen LogP contribution in [0.1, 0.15) is 13.8 Å². The van der Waals surface area contributed by atoms with Gasteiger partial charge in [0.2, 0.25) is 0 Å². The molecule has 1 amide bonds. The number of nitrogens with zero attached hydrogens (tertiary/aromatic N) is 1. The van der Waals surface area contributed by atoms with E-state index in [9.17, 15) is 18.0 Å². The van der Waals surface area contributed by atoms with Crippen LogP contribution in [0.3, 0.4) is 0 Å². The van der Waals surface area contributed by atoms with Crippen LogP contribution in [0.5, 0.6) is 0 Å². The Morgan fingerprint density at radius 3 is 2.20 bits per heavy atom. The molecular formula is C8H12F3NO3. The minimum absolute atomic E-state index is 0.0417. The summed E-state index contributed by atoms with van der Waals surface area (Å²) in [6.45, 7) is 3.06. The zero-order chi connectivity index (χ0) is 11.8. The van der Waals surface area contributed by atoms with Gasteiger partial charge in [-0.2, -0.15) is 18.2 Å². The molecule has 0 spiro atoms. The van der Waals surface area contributed by atoms with Crippen LogP contribution in [0.25, 0.3) is 0 Å². The molecule has 0 aliphatic carbocycles. The van der Waals surface area contributed by atoms with Gasteiger partial charge in [0, 0.05) is 6.61 Å². The zero-order valence-electron chi connectivity index (χ0n) is 8.43. The summed E-state index contributed by atoms with van der Waals surface area (Å²) in [4.78, 5) is 15.6. The fraction of sp³-hybridized carbons (Fsp3) is 0.625. The summed E-state index contributed by atoms with van der Waals surface area (Å²) in [5, 5.41) is 0.401. The van der Waals surface area contributed by atoms with Crippen molar-refractivity contribution in [2.45, 2.75) is 13.8 Å². The Morgan fingerprint density at radius 2 is 1.80 bits per heavy atom. The summed E-state index contributed by atoms with van der Waals surface area (Å²) in [6.07, 6.45) is -2.68. The molecule has 0 N–H and O–H groups in total. The van der Waals surface area contributed by atoms with Crippen molar-refractivity contribution < 1.29 is 27.5 Å². The monoisotopic (exact) mass is 227 g/mol. The maximum absolute atomic E-state index is 12.5. The van der Waals surface area contributed by atoms with Crippen molar-refractivity contribution >= 4 is 5.91 Å². The summed E-state index contributed by atoms with van der Waals surface area (Å²) in [6, 6.07) is 0. The summed E-state index contributed by atoms with van der Waals surface area (Å²) >= 11 is 0. The van der Waals surface area contributed by atoms with Crippen LogP contribution in [-0.2, 0) is 14.4 Å². The molecule has 0 radical (unpaired) electrons. The topological polar surface area (TPSA) is 38.8 Å². The van der Waals surface area contributed by atoms with Gasteiger partial charge in [-0.3, -0.25) is 9.63 Å². The summed E-state index contributed by atoms with van der Waals surface area (Å²) in [7, 11) is 0. The predicted octanol–water partition coefficient (Wildman–Crippen LogP) is 1.84. The Balaban J connectivity index is 4.48. The smallest absolute Gasteiger partial charge is 0.314 e. The molecule has 0 saturated carbocycles. The van der Waals surface area contributed by atoms with Gasteiger partial charge in [0.1, 0.15) is 6.73 Å². The van der Waals surface area contributed by atoms with Crippen molar-refractivity contribution in [2.75, 3.05) is 19.9 Å². The van der Waals surface area contributed by atoms with Gasteiger partial charge in [-0.05, 0) is 13.8 Å². The minimum Gasteiger partial charge on any atom is -0.359 e. The Labute approximate surface area is 85.2 Å². The Bertz CT molecular complexity index is 241. The van der Waals surface area contributed by atoms with Crippen LogP contribution < -0.4 is 0 Å². The molecule has 0 atom stereocenters. The van der Waals surface area contributed by atoms with Crippen LogP contribution >= 0.6 is 0 Å². The van der Waals surface area contributed by atoms with Crippen molar-refractivity contribution in [1.82, 2.24) is 5.06 Å². The average molecular weight is 227 g/mol. The van der Waals surface area contributed by atoms with Gasteiger partial charge >= 0.3 is 12.0 Å². The number of rotatable bonds is 6. The lowest BCUT2D eigenvalue weighted by Crippen LogP contribution is -2.34. The van der Waals surface area contributed by atoms with E-state index in [1.807, 2.05) is 0 Å². The second-order valence-electron chi connectivity index (χ2n) is 2.30. The van der Waals surface area contributed by atoms with E-state index in [1.54, 1.807) is 6.92 Å². The van der Waals surface area contributed by atoms with E-state index in [0.717, 1.165) is 0 Å². The van der Waals surface area contributed by atoms with E-state index in [0.29, 0.717) is 5.06 Å². The molecule has 0 rings (SSSR count). The number of amides is 1. The highest BCUT2D eigenvalue weighted by Crippen LogP contribution is 2.12. The SMILES string of the molecule is CCOCN(OCC)C(=O)C(F)=C(F)F. The first kappa shape index (κ1) is 13.9. The van der Waals surface area contributed by atoms with Crippen LogP contribution in [0.15, 0.2) is 11.9 Å². The fourth-order valence-corrected chi connectivity index (χ4v) is 0.675. The molecule has 15 heavy (non-hydrogen) atoms. The molecule has 7 heteroatoms. The van der Waals surface area contributed by atoms with Gasteiger partial charge < -0.3 is 4.74 Å². The lowest BCUT2D eigenvalue weighted by Gasteiger charge is -2.19. The third-order valence-electron chi connectivity index (χ3n) is 1.28. The molecule has 0 aromatic carbocycles. The molecule has 0 fully saturated rings. The van der Waals surface area contributed by atoms with Gasteiger partial charge in [0.05, 0.1) is 6.61 Å². The van der Waals surface area contributed by atoms with Gasteiger partial charge in [0.25, 0.3) is 5.83 Å². The number of carbonyl (C=O) groups is 1. The summed E-state index contributed by atoms with van der Waals surface area (Å²) in [5.74, 6) is -3.69. The largest absolute Gasteiger partial charge is 0.359 e. The van der Waals surface area contributed by atoms with Crippen molar-refractivity contribution in [3.8, 4) is 0 Å². The van der Waals surface area contributed by atoms with E-state index in [-0.39, 0.29) is 13.2 Å². The molecule has 0 unspecified atom stereocenters. The molecule has 0 aromatic heterocycles. The standard InChI is InChI=1S/C8H12F3NO3/c1-3-14-5-12(15-4-2)8(13)6(9)7(10)11/h3-5H2,1-2H3. The van der Waals surface area contributed by atoms with E-state index >= 15 is 0 Å². The average Bonchev–Trinajstić information content (AvgIpc) is 2.22. The molecule has 0 heterocycles. The van der Waals surface area contributed by atoms with E-state index in [1.165, 1.54) is 6.92 Å². The van der Waals surface area contributed by atoms with E-state index in [4.69, 9.17) is 4.74 Å². The third kappa shape index (κ3) is 4.80. The number of halogens is 3. The summed E-state index contributed by atoms with van der Waals surface area (Å²) < 4.78 is 40.8. The first-order valence-electron chi connectivity index (χ1n) is 4.27. The summed E-state index contributed by atoms with van der Waals surface area (Å²) in [5.41, 5.74) is 0. The number of ether oxygens (including phenoxy) is 1. The third-order valence-corrected chi connectivity index (χ3v) is 1.28. The first-order chi connectivity index (χ1) is 7.04. The fourth-order valence-electron chi connectivity index (χ4n) is 0.675. The Morgan fingerprint density at radius 1 is 1.20 bits per heavy atom. The van der Waals surface area contributed by atoms with Crippen molar-refractivity contribution in [2.24, 2.45) is 0 Å². The highest BCUT2D eigenvalue weighted by Gasteiger charge is 2.23. The van der Waals surface area contributed by atoms with Gasteiger partial charge in [-0.25, -0.2) is 0 Å². The number of hydroxylamine groups is 2. The van der Waals surface area contributed by atoms with Crippen LogP contribution in [0.4, 0.5) is 13.2 Å². The van der Waals surface area contributed by atoms with E-state index < -0.39 is 24.5 Å². The predicted molar refractivity (Wildman–Crippen MR) is 45.3 cm³/mol. The van der Waals surface area contributed by atoms with Crippen LogP contribution in [0.2, 0.25) is 0 Å². The Hall–Kier alpha value is -1.08. The highest BCUT2D eigenvalue weighted by molar-refractivity contribution is 5.90. The maximum atomic E-state index is 12.5. The molecule has 0 aliphatic rings. The van der Waals surface area contributed by atoms with Crippen molar-refractivity contribution in [3.05, 3.63) is 11.9 Å². The second kappa shape index (κ2) is 7.24. The highest BCUT2D eigenvalue weighted by atomic mass is 19.3. The lowest BCUT2D eigenvalue weighted by atomic mass is 10.5. The van der Waals surface area contributed by atoms with E-state index in [2.05, 4.69) is 4.84 Å². The lowest BCUT2D eigenvalue weighted by molar-refractivity contribution is -0.208. The molecule has 0 aliphatic heterocycles. The quantitative estimate of drug-likeness (QED) is 0.395. The number of hydrogen-bond donors (Lipinski definition) is 0. The number of hydrogen-bond acceptors (Lipinski definition) is 3. The molecule has 0 aromatic rings. The van der Waals surface area contributed by atoms with Crippen molar-refractivity contribution in [3.63, 3.8) is 0 Å². The maximum Gasteiger partial charge on any atom is 0.314 e. The Kier molecular flexibility index (Phi) is 6.72. The van der Waals surface area contributed by atoms with Crippen LogP contribution in [0, 0.1) is 0 Å². The first-order valence-corrected chi connectivity index (χ1v) is 4.27. The number of carbonyl (C=O) groups excluding carboxylic acids is 1. The minimum atomic E-state index is -2.68. The van der Waals surface area contributed by atoms with Gasteiger partial charge in [-0.15, -0.1) is 0 Å². The second-order valence-corrected chi connectivity index (χ2v) is 2.30. The van der Waals surface area contributed by atoms with Gasteiger partial charge in [0.15, 0.2) is 0 Å². The van der Waals surface area contributed by atoms with Crippen molar-refractivity contribution in [1.29, 1.82) is 0 Å². The molecule has 4 nitrogen and oxygen atoms in total. The molecular weight excluding hydrogens is 215 g/mol. The zero-order valence-corrected chi connectivity index (χ0v) is 8.43. The molecule has 88 valence electrons. The van der Waals surface area contributed by atoms with Gasteiger partial charge in [-0.1, -0.05) is 0 Å². The molecule has 0 bridgehead atoms. The van der Waals surface area contributed by atoms with Crippen LogP contribution in [-0.4, -0.2) is 30.9 Å². The normalized spacial score (nSPS) is 9.93. The molecule has 0 saturated heterocycles.